The molecule has 0 saturated heterocycles. The molecule has 0 atom stereocenters. The Kier molecular flexibility index (Phi) is 5.73. The Labute approximate surface area is 129 Å². The maximum atomic E-state index is 12.6. The van der Waals surface area contributed by atoms with Gasteiger partial charge in [0.1, 0.15) is 5.69 Å². The molecule has 122 valence electrons. The minimum atomic E-state index is -0.589. The average molecular weight is 309 g/mol. The van der Waals surface area contributed by atoms with E-state index in [1.807, 2.05) is 0 Å². The Hall–Kier alpha value is -2.31. The maximum absolute atomic E-state index is 12.6. The second kappa shape index (κ2) is 7.11. The van der Waals surface area contributed by atoms with Gasteiger partial charge in [0.15, 0.2) is 0 Å². The van der Waals surface area contributed by atoms with Crippen LogP contribution in [0.4, 0.5) is 0 Å². The van der Waals surface area contributed by atoms with E-state index in [1.165, 1.54) is 4.90 Å². The largest absolute Gasteiger partial charge is 0.462 e. The zero-order valence-electron chi connectivity index (χ0n) is 13.6. The van der Waals surface area contributed by atoms with Crippen molar-refractivity contribution in [2.24, 2.45) is 5.73 Å². The number of ether oxygens (including phenoxy) is 1. The summed E-state index contributed by atoms with van der Waals surface area (Å²) in [6.07, 6.45) is 0. The lowest BCUT2D eigenvalue weighted by Gasteiger charge is -2.25. The number of nitrogens with zero attached hydrogens (tertiary/aromatic N) is 1. The van der Waals surface area contributed by atoms with Gasteiger partial charge in [0, 0.05) is 11.7 Å². The second-order valence-corrected chi connectivity index (χ2v) is 5.34. The zero-order valence-corrected chi connectivity index (χ0v) is 13.6. The number of aromatic amines is 1. The lowest BCUT2D eigenvalue weighted by atomic mass is 10.1. The highest BCUT2D eigenvalue weighted by Crippen LogP contribution is 2.21. The van der Waals surface area contributed by atoms with Crippen molar-refractivity contribution in [3.05, 3.63) is 22.5 Å². The van der Waals surface area contributed by atoms with Crippen molar-refractivity contribution in [1.29, 1.82) is 0 Å². The third-order valence-corrected chi connectivity index (χ3v) is 3.34. The highest BCUT2D eigenvalue weighted by molar-refractivity contribution is 6.01. The fourth-order valence-electron chi connectivity index (χ4n) is 2.27. The van der Waals surface area contributed by atoms with Crippen LogP contribution in [0.1, 0.15) is 52.9 Å². The number of hydrogen-bond donors (Lipinski definition) is 2. The molecule has 3 N–H and O–H groups in total. The average Bonchev–Trinajstić information content (AvgIpc) is 2.70. The summed E-state index contributed by atoms with van der Waals surface area (Å²) in [5, 5.41) is 0. The monoisotopic (exact) mass is 309 g/mol. The molecule has 7 heteroatoms. The molecule has 22 heavy (non-hydrogen) atoms. The lowest BCUT2D eigenvalue weighted by Crippen LogP contribution is -2.43. The second-order valence-electron chi connectivity index (χ2n) is 5.34. The molecule has 0 bridgehead atoms. The predicted molar refractivity (Wildman–Crippen MR) is 81.6 cm³/mol. The first-order chi connectivity index (χ1) is 10.2. The van der Waals surface area contributed by atoms with Crippen LogP contribution in [0.3, 0.4) is 0 Å². The van der Waals surface area contributed by atoms with E-state index in [1.54, 1.807) is 34.6 Å². The third kappa shape index (κ3) is 3.66. The van der Waals surface area contributed by atoms with Crippen LogP contribution in [0.25, 0.3) is 0 Å². The number of hydrogen-bond acceptors (Lipinski definition) is 4. The van der Waals surface area contributed by atoms with Crippen LogP contribution in [0.2, 0.25) is 0 Å². The Bertz CT molecular complexity index is 590. The Morgan fingerprint density at radius 3 is 2.32 bits per heavy atom. The molecule has 0 aliphatic rings. The third-order valence-electron chi connectivity index (χ3n) is 3.34. The molecule has 0 unspecified atom stereocenters. The summed E-state index contributed by atoms with van der Waals surface area (Å²) in [5.74, 6) is -1.43. The molecule has 0 fully saturated rings. The summed E-state index contributed by atoms with van der Waals surface area (Å²) in [5.41, 5.74) is 6.89. The number of rotatable bonds is 6. The van der Waals surface area contributed by atoms with E-state index in [0.29, 0.717) is 16.8 Å². The molecule has 1 aromatic rings. The number of carbonyl (C=O) groups excluding carboxylic acids is 3. The number of H-pyrrole nitrogens is 1. The van der Waals surface area contributed by atoms with Gasteiger partial charge in [0.05, 0.1) is 18.7 Å². The number of carbonyl (C=O) groups is 3. The number of amides is 2. The first kappa shape index (κ1) is 17.7. The number of primary amides is 1. The first-order valence-corrected chi connectivity index (χ1v) is 7.16. The summed E-state index contributed by atoms with van der Waals surface area (Å²) < 4.78 is 5.00. The van der Waals surface area contributed by atoms with Crippen LogP contribution < -0.4 is 5.73 Å². The van der Waals surface area contributed by atoms with Gasteiger partial charge in [-0.3, -0.25) is 9.59 Å². The van der Waals surface area contributed by atoms with Gasteiger partial charge < -0.3 is 20.4 Å². The molecule has 1 rings (SSSR count). The Morgan fingerprint density at radius 2 is 1.86 bits per heavy atom. The van der Waals surface area contributed by atoms with Crippen molar-refractivity contribution in [3.8, 4) is 0 Å². The summed E-state index contributed by atoms with van der Waals surface area (Å²) in [4.78, 5) is 40.0. The van der Waals surface area contributed by atoms with Crippen LogP contribution in [0.15, 0.2) is 0 Å². The van der Waals surface area contributed by atoms with Gasteiger partial charge in [-0.05, 0) is 40.2 Å². The van der Waals surface area contributed by atoms with E-state index < -0.39 is 11.9 Å². The van der Waals surface area contributed by atoms with Crippen LogP contribution in [-0.4, -0.2) is 46.9 Å². The molecule has 1 heterocycles. The summed E-state index contributed by atoms with van der Waals surface area (Å²) in [6, 6.07) is -0.200. The van der Waals surface area contributed by atoms with Gasteiger partial charge in [-0.25, -0.2) is 4.79 Å². The highest BCUT2D eigenvalue weighted by atomic mass is 16.5. The number of nitrogens with one attached hydrogen (secondary N) is 1. The molecular formula is C15H23N3O4. The smallest absolute Gasteiger partial charge is 0.340 e. The normalized spacial score (nSPS) is 10.6. The number of nitrogens with two attached hydrogens (primary N) is 1. The SMILES string of the molecule is CCOC(=O)c1c(C)[nH]c(C(=O)N(CC(N)=O)C(C)C)c1C. The molecule has 1 aromatic heterocycles. The zero-order chi connectivity index (χ0) is 17.0. The quantitative estimate of drug-likeness (QED) is 0.769. The molecule has 0 saturated carbocycles. The molecule has 0 spiro atoms. The Morgan fingerprint density at radius 1 is 1.27 bits per heavy atom. The van der Waals surface area contributed by atoms with Gasteiger partial charge >= 0.3 is 5.97 Å². The van der Waals surface area contributed by atoms with E-state index in [-0.39, 0.29) is 30.8 Å². The summed E-state index contributed by atoms with van der Waals surface area (Å²) in [7, 11) is 0. The maximum Gasteiger partial charge on any atom is 0.340 e. The molecule has 0 aliphatic heterocycles. The summed E-state index contributed by atoms with van der Waals surface area (Å²) >= 11 is 0. The molecule has 7 nitrogen and oxygen atoms in total. The van der Waals surface area contributed by atoms with E-state index in [0.717, 1.165) is 0 Å². The fourth-order valence-corrected chi connectivity index (χ4v) is 2.27. The van der Waals surface area contributed by atoms with Gasteiger partial charge in [-0.2, -0.15) is 0 Å². The van der Waals surface area contributed by atoms with Gasteiger partial charge in [-0.1, -0.05) is 0 Å². The van der Waals surface area contributed by atoms with Crippen molar-refractivity contribution >= 4 is 17.8 Å². The molecule has 0 aromatic carbocycles. The van der Waals surface area contributed by atoms with Crippen molar-refractivity contribution < 1.29 is 19.1 Å². The first-order valence-electron chi connectivity index (χ1n) is 7.16. The standard InChI is InChI=1S/C15H23N3O4/c1-6-22-15(21)12-9(4)13(17-10(12)5)14(20)18(8(2)3)7-11(16)19/h8,17H,6-7H2,1-5H3,(H2,16,19). The van der Waals surface area contributed by atoms with Crippen molar-refractivity contribution in [1.82, 2.24) is 9.88 Å². The van der Waals surface area contributed by atoms with Crippen LogP contribution in [0.5, 0.6) is 0 Å². The molecule has 2 amide bonds. The number of aryl methyl sites for hydroxylation is 1. The molecular weight excluding hydrogens is 286 g/mol. The van der Waals surface area contributed by atoms with E-state index >= 15 is 0 Å². The van der Waals surface area contributed by atoms with E-state index in [9.17, 15) is 14.4 Å². The van der Waals surface area contributed by atoms with Crippen molar-refractivity contribution in [2.75, 3.05) is 13.2 Å². The number of esters is 1. The van der Waals surface area contributed by atoms with Crippen molar-refractivity contribution in [2.45, 2.75) is 40.7 Å². The van der Waals surface area contributed by atoms with E-state index in [2.05, 4.69) is 4.98 Å². The minimum Gasteiger partial charge on any atom is -0.462 e. The predicted octanol–water partition coefficient (Wildman–Crippen LogP) is 1.14. The lowest BCUT2D eigenvalue weighted by molar-refractivity contribution is -0.119. The van der Waals surface area contributed by atoms with Gasteiger partial charge in [0.2, 0.25) is 5.91 Å². The van der Waals surface area contributed by atoms with Crippen LogP contribution in [0, 0.1) is 13.8 Å². The molecule has 0 radical (unpaired) electrons. The number of aromatic nitrogens is 1. The van der Waals surface area contributed by atoms with E-state index in [4.69, 9.17) is 10.5 Å². The minimum absolute atomic E-state index is 0.178. The van der Waals surface area contributed by atoms with Crippen LogP contribution in [-0.2, 0) is 9.53 Å². The fraction of sp³-hybridized carbons (Fsp3) is 0.533. The highest BCUT2D eigenvalue weighted by Gasteiger charge is 2.27. The Balaban J connectivity index is 3.21. The van der Waals surface area contributed by atoms with Crippen molar-refractivity contribution in [3.63, 3.8) is 0 Å². The topological polar surface area (TPSA) is 105 Å². The van der Waals surface area contributed by atoms with Crippen LogP contribution >= 0.6 is 0 Å². The van der Waals surface area contributed by atoms with Gasteiger partial charge in [-0.15, -0.1) is 0 Å². The van der Waals surface area contributed by atoms with Gasteiger partial charge in [0.25, 0.3) is 5.91 Å². The molecule has 0 aliphatic carbocycles. The summed E-state index contributed by atoms with van der Waals surface area (Å²) in [6.45, 7) is 8.75.